The third-order valence-corrected chi connectivity index (χ3v) is 16.9. The third kappa shape index (κ3) is 8.20. The number of anilines is 6. The molecule has 82 heavy (non-hydrogen) atoms. The molecule has 0 radical (unpaired) electrons. The van der Waals surface area contributed by atoms with E-state index in [-0.39, 0.29) is 5.41 Å². The summed E-state index contributed by atoms with van der Waals surface area (Å²) in [7, 11) is 0. The maximum absolute atomic E-state index is 2.56. The van der Waals surface area contributed by atoms with E-state index in [0.29, 0.717) is 0 Å². The molecule has 0 spiro atoms. The number of para-hydroxylation sites is 2. The van der Waals surface area contributed by atoms with Crippen LogP contribution in [0.2, 0.25) is 0 Å². The second-order valence-electron chi connectivity index (χ2n) is 22.0. The van der Waals surface area contributed by atoms with Gasteiger partial charge in [-0.05, 0) is 157 Å². The van der Waals surface area contributed by atoms with Crippen LogP contribution < -0.4 is 9.80 Å². The summed E-state index contributed by atoms with van der Waals surface area (Å²) in [5, 5.41) is 6.08. The lowest BCUT2D eigenvalue weighted by Crippen LogP contribution is -2.17. The Morgan fingerprint density at radius 3 is 1.33 bits per heavy atom. The molecule has 0 saturated carbocycles. The number of hydrogen-bond acceptors (Lipinski definition) is 2. The summed E-state index contributed by atoms with van der Waals surface area (Å²) in [5.74, 6) is 0. The van der Waals surface area contributed by atoms with E-state index in [1.807, 2.05) is 0 Å². The van der Waals surface area contributed by atoms with Crippen LogP contribution in [0.1, 0.15) is 25.0 Å². The van der Waals surface area contributed by atoms with Gasteiger partial charge in [-0.15, -0.1) is 0 Å². The molecule has 14 aromatic rings. The molecule has 0 saturated heterocycles. The van der Waals surface area contributed by atoms with Gasteiger partial charge in [0.1, 0.15) is 0 Å². The summed E-state index contributed by atoms with van der Waals surface area (Å²) in [4.78, 5) is 4.73. The van der Waals surface area contributed by atoms with Crippen LogP contribution in [0.4, 0.5) is 34.1 Å². The first-order chi connectivity index (χ1) is 40.5. The molecule has 0 fully saturated rings. The first-order valence-corrected chi connectivity index (χ1v) is 28.4. The smallest absolute Gasteiger partial charge is 0.0620 e. The third-order valence-electron chi connectivity index (χ3n) is 16.9. The van der Waals surface area contributed by atoms with Gasteiger partial charge in [-0.1, -0.05) is 232 Å². The van der Waals surface area contributed by atoms with Crippen molar-refractivity contribution in [2.75, 3.05) is 9.80 Å². The summed E-state index contributed by atoms with van der Waals surface area (Å²) in [6.07, 6.45) is 0. The van der Waals surface area contributed by atoms with E-state index < -0.39 is 0 Å². The fraction of sp³-hybridized carbons (Fsp3) is 0.0380. The van der Waals surface area contributed by atoms with Gasteiger partial charge in [-0.25, -0.2) is 0 Å². The lowest BCUT2D eigenvalue weighted by atomic mass is 9.81. The Kier molecular flexibility index (Phi) is 11.9. The lowest BCUT2D eigenvalue weighted by molar-refractivity contribution is 0.660. The van der Waals surface area contributed by atoms with Crippen LogP contribution in [0.3, 0.4) is 0 Å². The van der Waals surface area contributed by atoms with Crippen molar-refractivity contribution in [1.82, 2.24) is 4.57 Å². The maximum atomic E-state index is 2.56. The van der Waals surface area contributed by atoms with Gasteiger partial charge in [0.15, 0.2) is 0 Å². The Morgan fingerprint density at radius 2 is 0.707 bits per heavy atom. The van der Waals surface area contributed by atoms with Crippen molar-refractivity contribution in [1.29, 1.82) is 0 Å². The van der Waals surface area contributed by atoms with Gasteiger partial charge in [0.2, 0.25) is 0 Å². The standard InChI is InChI=1S/C79H57N3/c1-79(2)73-51-59(71-53-72-76(57-26-10-4-11-27-57)77(58-28-12-5-13-29-58)82(78(72)70-37-21-20-36-67(70)71)75-38-22-30-56-25-18-19-35-66(56)75)41-49-68(73)69-50-48-65(52-74(69)79)81(62-42-39-55(40-43-62)54-23-8-3-9-24-54)64-46-44-63(45-47-64)80(60-31-14-6-15-32-60)61-33-16-7-17-34-61/h3-53H,1-2H3. The van der Waals surface area contributed by atoms with Crippen molar-refractivity contribution in [2.24, 2.45) is 0 Å². The molecule has 0 atom stereocenters. The highest BCUT2D eigenvalue weighted by Gasteiger charge is 2.37. The molecule has 1 aromatic heterocycles. The van der Waals surface area contributed by atoms with Gasteiger partial charge in [-0.2, -0.15) is 0 Å². The largest absolute Gasteiger partial charge is 0.311 e. The second kappa shape index (κ2) is 20.0. The van der Waals surface area contributed by atoms with Crippen molar-refractivity contribution in [3.05, 3.63) is 321 Å². The molecule has 3 nitrogen and oxygen atoms in total. The molecule has 1 heterocycles. The average molecular weight is 1050 g/mol. The van der Waals surface area contributed by atoms with E-state index in [9.17, 15) is 0 Å². The monoisotopic (exact) mass is 1050 g/mol. The van der Waals surface area contributed by atoms with E-state index in [1.54, 1.807) is 0 Å². The molecule has 1 aliphatic rings. The average Bonchev–Trinajstić information content (AvgIpc) is 2.91. The number of hydrogen-bond donors (Lipinski definition) is 0. The summed E-state index contributed by atoms with van der Waals surface area (Å²) in [5.41, 5.74) is 23.4. The van der Waals surface area contributed by atoms with E-state index >= 15 is 0 Å². The summed E-state index contributed by atoms with van der Waals surface area (Å²) in [6.45, 7) is 4.82. The van der Waals surface area contributed by atoms with Crippen molar-refractivity contribution in [3.63, 3.8) is 0 Å². The fourth-order valence-electron chi connectivity index (χ4n) is 13.1. The SMILES string of the molecule is CC1(C)c2cc(-c3cc4c(-c5ccccc5)c(-c5ccccc5)n(-c5cccc6ccccc56)c4c4ccccc34)ccc2-c2ccc(N(c3ccc(-c4ccccc4)cc3)c3ccc(N(c4ccccc4)c4ccccc4)cc3)cc21. The Bertz CT molecular complexity index is 4620. The highest BCUT2D eigenvalue weighted by atomic mass is 15.2. The molecule has 0 amide bonds. The van der Waals surface area contributed by atoms with Gasteiger partial charge in [0.05, 0.1) is 16.9 Å². The predicted molar refractivity (Wildman–Crippen MR) is 347 cm³/mol. The Balaban J connectivity index is 0.876. The van der Waals surface area contributed by atoms with Crippen LogP contribution in [-0.2, 0) is 5.41 Å². The number of aromatic nitrogens is 1. The van der Waals surface area contributed by atoms with E-state index in [0.717, 1.165) is 39.8 Å². The summed E-state index contributed by atoms with van der Waals surface area (Å²) >= 11 is 0. The topological polar surface area (TPSA) is 11.4 Å². The molecule has 0 bridgehead atoms. The summed E-state index contributed by atoms with van der Waals surface area (Å²) < 4.78 is 2.56. The number of benzene rings is 13. The number of nitrogens with zero attached hydrogens (tertiary/aromatic N) is 3. The van der Waals surface area contributed by atoms with Crippen LogP contribution >= 0.6 is 0 Å². The molecule has 0 aliphatic heterocycles. The van der Waals surface area contributed by atoms with Gasteiger partial charge in [-0.3, -0.25) is 0 Å². The molecule has 13 aromatic carbocycles. The zero-order valence-corrected chi connectivity index (χ0v) is 45.8. The minimum atomic E-state index is -0.317. The van der Waals surface area contributed by atoms with Crippen LogP contribution in [0.15, 0.2) is 309 Å². The van der Waals surface area contributed by atoms with Gasteiger partial charge in [0, 0.05) is 61.3 Å². The highest BCUT2D eigenvalue weighted by Crippen LogP contribution is 2.54. The van der Waals surface area contributed by atoms with Crippen LogP contribution in [0.5, 0.6) is 0 Å². The molecule has 0 N–H and O–H groups in total. The van der Waals surface area contributed by atoms with Gasteiger partial charge < -0.3 is 14.4 Å². The van der Waals surface area contributed by atoms with Crippen LogP contribution in [0.25, 0.3) is 93.9 Å². The molecule has 0 unspecified atom stereocenters. The van der Waals surface area contributed by atoms with Gasteiger partial charge in [0.25, 0.3) is 0 Å². The van der Waals surface area contributed by atoms with Crippen molar-refractivity contribution < 1.29 is 0 Å². The highest BCUT2D eigenvalue weighted by molar-refractivity contribution is 6.20. The number of rotatable bonds is 11. The fourth-order valence-corrected chi connectivity index (χ4v) is 13.1. The predicted octanol–water partition coefficient (Wildman–Crippen LogP) is 21.9. The van der Waals surface area contributed by atoms with Crippen LogP contribution in [0, 0.1) is 0 Å². The zero-order chi connectivity index (χ0) is 54.7. The van der Waals surface area contributed by atoms with E-state index in [4.69, 9.17) is 0 Å². The quantitative estimate of drug-likeness (QED) is 0.128. The van der Waals surface area contributed by atoms with Crippen molar-refractivity contribution >= 4 is 66.6 Å². The second-order valence-corrected chi connectivity index (χ2v) is 22.0. The summed E-state index contributed by atoms with van der Waals surface area (Å²) in [6, 6.07) is 113. The van der Waals surface area contributed by atoms with Gasteiger partial charge >= 0.3 is 0 Å². The molecule has 388 valence electrons. The van der Waals surface area contributed by atoms with Crippen LogP contribution in [-0.4, -0.2) is 4.57 Å². The molecule has 3 heteroatoms. The van der Waals surface area contributed by atoms with Crippen molar-refractivity contribution in [3.8, 4) is 61.5 Å². The van der Waals surface area contributed by atoms with E-state index in [1.165, 1.54) is 99.3 Å². The molecule has 1 aliphatic carbocycles. The normalized spacial score (nSPS) is 12.4. The molecular weight excluding hydrogens is 991 g/mol. The molecule has 15 rings (SSSR count). The lowest BCUT2D eigenvalue weighted by Gasteiger charge is -2.29. The first-order valence-electron chi connectivity index (χ1n) is 28.4. The Hall–Kier alpha value is -10.5. The van der Waals surface area contributed by atoms with Crippen molar-refractivity contribution in [2.45, 2.75) is 19.3 Å². The minimum Gasteiger partial charge on any atom is -0.311 e. The molecular formula is C79H57N3. The number of fused-ring (bicyclic) bond motifs is 7. The first kappa shape index (κ1) is 48.6. The Morgan fingerprint density at radius 1 is 0.280 bits per heavy atom. The van der Waals surface area contributed by atoms with E-state index in [2.05, 4.69) is 338 Å². The Labute approximate surface area is 479 Å². The maximum Gasteiger partial charge on any atom is 0.0620 e. The minimum absolute atomic E-state index is 0.317. The zero-order valence-electron chi connectivity index (χ0n) is 45.8.